The van der Waals surface area contributed by atoms with Gasteiger partial charge < -0.3 is 9.47 Å². The standard InChI is InChI=1S/C19H36O4/c1-4-6-8-9-13-17(12-7-5-2)16-23-19(21)15-11-10-14-18(20)22-3/h17H,4-16H2,1-3H3. The van der Waals surface area contributed by atoms with Gasteiger partial charge in [0.05, 0.1) is 13.7 Å². The predicted molar refractivity (Wildman–Crippen MR) is 93.2 cm³/mol. The minimum atomic E-state index is -0.218. The molecular formula is C19H36O4. The molecule has 0 aliphatic carbocycles. The Bertz CT molecular complexity index is 302. The summed E-state index contributed by atoms with van der Waals surface area (Å²) in [5.74, 6) is 0.154. The van der Waals surface area contributed by atoms with Crippen LogP contribution >= 0.6 is 0 Å². The van der Waals surface area contributed by atoms with Crippen molar-refractivity contribution in [3.8, 4) is 0 Å². The highest BCUT2D eigenvalue weighted by Gasteiger charge is 2.12. The molecule has 4 nitrogen and oxygen atoms in total. The Morgan fingerprint density at radius 2 is 1.39 bits per heavy atom. The minimum Gasteiger partial charge on any atom is -0.469 e. The number of hydrogen-bond donors (Lipinski definition) is 0. The summed E-state index contributed by atoms with van der Waals surface area (Å²) in [5, 5.41) is 0. The Labute approximate surface area is 142 Å². The van der Waals surface area contributed by atoms with Gasteiger partial charge in [-0.05, 0) is 31.6 Å². The third kappa shape index (κ3) is 14.3. The summed E-state index contributed by atoms with van der Waals surface area (Å²) >= 11 is 0. The Morgan fingerprint density at radius 1 is 0.783 bits per heavy atom. The Balaban J connectivity index is 3.83. The highest BCUT2D eigenvalue weighted by Crippen LogP contribution is 2.18. The van der Waals surface area contributed by atoms with E-state index in [2.05, 4.69) is 18.6 Å². The van der Waals surface area contributed by atoms with Gasteiger partial charge in [-0.3, -0.25) is 9.59 Å². The molecule has 0 rings (SSSR count). The van der Waals surface area contributed by atoms with E-state index in [1.165, 1.54) is 45.6 Å². The van der Waals surface area contributed by atoms with Crippen molar-refractivity contribution in [2.24, 2.45) is 5.92 Å². The molecule has 0 heterocycles. The van der Waals surface area contributed by atoms with Crippen LogP contribution in [0.1, 0.15) is 90.9 Å². The number of carbonyl (C=O) groups excluding carboxylic acids is 2. The Kier molecular flexibility index (Phi) is 15.1. The van der Waals surface area contributed by atoms with E-state index in [-0.39, 0.29) is 11.9 Å². The summed E-state index contributed by atoms with van der Waals surface area (Å²) in [4.78, 5) is 22.8. The quantitative estimate of drug-likeness (QED) is 0.312. The molecule has 0 spiro atoms. The zero-order chi connectivity index (χ0) is 17.3. The largest absolute Gasteiger partial charge is 0.469 e. The van der Waals surface area contributed by atoms with Gasteiger partial charge in [0.25, 0.3) is 0 Å². The normalized spacial score (nSPS) is 12.0. The van der Waals surface area contributed by atoms with Crippen LogP contribution in [0.2, 0.25) is 0 Å². The first-order valence-electron chi connectivity index (χ1n) is 9.36. The number of hydrogen-bond acceptors (Lipinski definition) is 4. The van der Waals surface area contributed by atoms with Crippen LogP contribution < -0.4 is 0 Å². The van der Waals surface area contributed by atoms with E-state index in [1.807, 2.05) is 0 Å². The van der Waals surface area contributed by atoms with Crippen molar-refractivity contribution in [1.82, 2.24) is 0 Å². The van der Waals surface area contributed by atoms with E-state index in [1.54, 1.807) is 0 Å². The average molecular weight is 328 g/mol. The van der Waals surface area contributed by atoms with Crippen molar-refractivity contribution < 1.29 is 19.1 Å². The van der Waals surface area contributed by atoms with Gasteiger partial charge in [-0.15, -0.1) is 0 Å². The highest BCUT2D eigenvalue weighted by molar-refractivity contribution is 5.70. The molecule has 0 bridgehead atoms. The second-order valence-electron chi connectivity index (χ2n) is 6.32. The number of ether oxygens (including phenoxy) is 2. The van der Waals surface area contributed by atoms with E-state index in [9.17, 15) is 9.59 Å². The molecule has 0 aromatic carbocycles. The SMILES string of the molecule is CCCCCCC(CCCC)COC(=O)CCCCC(=O)OC. The number of unbranched alkanes of at least 4 members (excludes halogenated alkanes) is 5. The van der Waals surface area contributed by atoms with Crippen LogP contribution in [-0.2, 0) is 19.1 Å². The molecule has 0 amide bonds. The number of carbonyl (C=O) groups is 2. The number of methoxy groups -OCH3 is 1. The van der Waals surface area contributed by atoms with Crippen LogP contribution in [0.15, 0.2) is 0 Å². The van der Waals surface area contributed by atoms with Crippen molar-refractivity contribution in [1.29, 1.82) is 0 Å². The summed E-state index contributed by atoms with van der Waals surface area (Å²) in [5.41, 5.74) is 0. The highest BCUT2D eigenvalue weighted by atomic mass is 16.5. The summed E-state index contributed by atoms with van der Waals surface area (Å²) in [6.45, 7) is 4.97. The predicted octanol–water partition coefficient (Wildman–Crippen LogP) is 5.04. The fourth-order valence-corrected chi connectivity index (χ4v) is 2.59. The first-order chi connectivity index (χ1) is 11.1. The van der Waals surface area contributed by atoms with Crippen LogP contribution in [0.5, 0.6) is 0 Å². The molecular weight excluding hydrogens is 292 g/mol. The molecule has 0 aliphatic rings. The van der Waals surface area contributed by atoms with Crippen molar-refractivity contribution in [2.75, 3.05) is 13.7 Å². The lowest BCUT2D eigenvalue weighted by Gasteiger charge is -2.16. The monoisotopic (exact) mass is 328 g/mol. The van der Waals surface area contributed by atoms with Crippen LogP contribution in [0.4, 0.5) is 0 Å². The van der Waals surface area contributed by atoms with Gasteiger partial charge in [-0.1, -0.05) is 52.4 Å². The molecule has 0 aromatic heterocycles. The van der Waals surface area contributed by atoms with Gasteiger partial charge in [0.2, 0.25) is 0 Å². The van der Waals surface area contributed by atoms with E-state index in [0.29, 0.717) is 38.2 Å². The first kappa shape index (κ1) is 21.9. The molecule has 0 aliphatic heterocycles. The molecule has 136 valence electrons. The van der Waals surface area contributed by atoms with Gasteiger partial charge in [-0.25, -0.2) is 0 Å². The van der Waals surface area contributed by atoms with Gasteiger partial charge in [0.15, 0.2) is 0 Å². The van der Waals surface area contributed by atoms with E-state index in [4.69, 9.17) is 4.74 Å². The molecule has 4 heteroatoms. The molecule has 0 N–H and O–H groups in total. The summed E-state index contributed by atoms with van der Waals surface area (Å²) in [6.07, 6.45) is 11.9. The molecule has 0 fully saturated rings. The second kappa shape index (κ2) is 15.8. The molecule has 0 saturated heterocycles. The third-order valence-electron chi connectivity index (χ3n) is 4.15. The van der Waals surface area contributed by atoms with Crippen molar-refractivity contribution in [3.63, 3.8) is 0 Å². The van der Waals surface area contributed by atoms with Gasteiger partial charge in [0.1, 0.15) is 0 Å². The topological polar surface area (TPSA) is 52.6 Å². The fourth-order valence-electron chi connectivity index (χ4n) is 2.59. The smallest absolute Gasteiger partial charge is 0.305 e. The minimum absolute atomic E-state index is 0.134. The van der Waals surface area contributed by atoms with Gasteiger partial charge in [-0.2, -0.15) is 0 Å². The maximum atomic E-state index is 11.8. The second-order valence-corrected chi connectivity index (χ2v) is 6.32. The van der Waals surface area contributed by atoms with Crippen LogP contribution in [0, 0.1) is 5.92 Å². The van der Waals surface area contributed by atoms with Crippen molar-refractivity contribution in [3.05, 3.63) is 0 Å². The van der Waals surface area contributed by atoms with E-state index >= 15 is 0 Å². The maximum absolute atomic E-state index is 11.8. The molecule has 1 atom stereocenters. The lowest BCUT2D eigenvalue weighted by Crippen LogP contribution is -2.14. The summed E-state index contributed by atoms with van der Waals surface area (Å²) < 4.78 is 10.0. The molecule has 1 unspecified atom stereocenters. The van der Waals surface area contributed by atoms with Crippen LogP contribution in [0.25, 0.3) is 0 Å². The summed E-state index contributed by atoms with van der Waals surface area (Å²) in [7, 11) is 1.38. The molecule has 0 saturated carbocycles. The lowest BCUT2D eigenvalue weighted by atomic mass is 9.96. The molecule has 0 radical (unpaired) electrons. The van der Waals surface area contributed by atoms with Crippen LogP contribution in [-0.4, -0.2) is 25.7 Å². The van der Waals surface area contributed by atoms with Gasteiger partial charge in [0, 0.05) is 12.8 Å². The first-order valence-corrected chi connectivity index (χ1v) is 9.36. The van der Waals surface area contributed by atoms with Gasteiger partial charge >= 0.3 is 11.9 Å². The Morgan fingerprint density at radius 3 is 2.00 bits per heavy atom. The summed E-state index contributed by atoms with van der Waals surface area (Å²) in [6, 6.07) is 0. The molecule has 0 aromatic rings. The lowest BCUT2D eigenvalue weighted by molar-refractivity contribution is -0.146. The Hall–Kier alpha value is -1.06. The number of esters is 2. The van der Waals surface area contributed by atoms with E-state index in [0.717, 1.165) is 12.8 Å². The zero-order valence-corrected chi connectivity index (χ0v) is 15.4. The van der Waals surface area contributed by atoms with Crippen molar-refractivity contribution in [2.45, 2.75) is 90.9 Å². The van der Waals surface area contributed by atoms with Crippen molar-refractivity contribution >= 4 is 11.9 Å². The van der Waals surface area contributed by atoms with Crippen LogP contribution in [0.3, 0.4) is 0 Å². The maximum Gasteiger partial charge on any atom is 0.305 e. The average Bonchev–Trinajstić information content (AvgIpc) is 2.56. The van der Waals surface area contributed by atoms with E-state index < -0.39 is 0 Å². The number of rotatable bonds is 15. The fraction of sp³-hybridized carbons (Fsp3) is 0.895. The zero-order valence-electron chi connectivity index (χ0n) is 15.4. The molecule has 23 heavy (non-hydrogen) atoms. The third-order valence-corrected chi connectivity index (χ3v) is 4.15.